The number of pyridine rings is 1. The van der Waals surface area contributed by atoms with Crippen molar-refractivity contribution >= 4 is 16.7 Å². The van der Waals surface area contributed by atoms with E-state index in [0.29, 0.717) is 6.42 Å². The standard InChI is InChI=1S/C21H27NO2/c1-3-4-6-12-18(23)13-8-5-7-11-17-16-21(24)19-14-9-10-15-20(19)22(17)2/h6,9-10,12,14-16H,3-5,7-8,11,13H2,1-2H3/b12-6+. The molecule has 1 aromatic carbocycles. The minimum atomic E-state index is 0.0925. The lowest BCUT2D eigenvalue weighted by atomic mass is 10.1. The van der Waals surface area contributed by atoms with Gasteiger partial charge in [0, 0.05) is 30.6 Å². The van der Waals surface area contributed by atoms with Crippen molar-refractivity contribution in [2.45, 2.75) is 51.9 Å². The Labute approximate surface area is 144 Å². The fourth-order valence-corrected chi connectivity index (χ4v) is 2.94. The first-order valence-electron chi connectivity index (χ1n) is 8.90. The molecule has 0 radical (unpaired) electrons. The molecule has 1 heterocycles. The van der Waals surface area contributed by atoms with Gasteiger partial charge >= 0.3 is 0 Å². The predicted molar refractivity (Wildman–Crippen MR) is 100 cm³/mol. The molecule has 0 amide bonds. The molecule has 0 unspecified atom stereocenters. The Morgan fingerprint density at radius 1 is 1.17 bits per heavy atom. The maximum absolute atomic E-state index is 12.2. The Morgan fingerprint density at radius 3 is 2.75 bits per heavy atom. The summed E-state index contributed by atoms with van der Waals surface area (Å²) in [6, 6.07) is 9.47. The molecule has 0 aliphatic carbocycles. The summed E-state index contributed by atoms with van der Waals surface area (Å²) in [7, 11) is 2.01. The molecule has 24 heavy (non-hydrogen) atoms. The van der Waals surface area contributed by atoms with Crippen molar-refractivity contribution in [3.8, 4) is 0 Å². The van der Waals surface area contributed by atoms with Gasteiger partial charge in [0.05, 0.1) is 5.52 Å². The van der Waals surface area contributed by atoms with Crippen molar-refractivity contribution in [2.75, 3.05) is 0 Å². The van der Waals surface area contributed by atoms with Gasteiger partial charge in [0.2, 0.25) is 0 Å². The highest BCUT2D eigenvalue weighted by atomic mass is 16.1. The van der Waals surface area contributed by atoms with Crippen LogP contribution in [0.1, 0.15) is 51.1 Å². The number of hydrogen-bond donors (Lipinski definition) is 0. The topological polar surface area (TPSA) is 39.1 Å². The molecule has 128 valence electrons. The van der Waals surface area contributed by atoms with Crippen LogP contribution in [0.5, 0.6) is 0 Å². The summed E-state index contributed by atoms with van der Waals surface area (Å²) in [5.74, 6) is 0.224. The zero-order valence-corrected chi connectivity index (χ0v) is 14.8. The average molecular weight is 325 g/mol. The van der Waals surface area contributed by atoms with Gasteiger partial charge in [-0.15, -0.1) is 0 Å². The number of ketones is 1. The number of aryl methyl sites for hydroxylation is 2. The van der Waals surface area contributed by atoms with Crippen molar-refractivity contribution in [1.82, 2.24) is 4.57 Å². The van der Waals surface area contributed by atoms with Crippen LogP contribution in [-0.4, -0.2) is 10.4 Å². The van der Waals surface area contributed by atoms with Gasteiger partial charge in [0.25, 0.3) is 0 Å². The molecule has 0 atom stereocenters. The molecule has 0 saturated heterocycles. The Morgan fingerprint density at radius 2 is 1.96 bits per heavy atom. The molecule has 0 saturated carbocycles. The number of benzene rings is 1. The number of hydrogen-bond acceptors (Lipinski definition) is 2. The monoisotopic (exact) mass is 325 g/mol. The molecule has 3 nitrogen and oxygen atoms in total. The fourth-order valence-electron chi connectivity index (χ4n) is 2.94. The average Bonchev–Trinajstić information content (AvgIpc) is 2.59. The van der Waals surface area contributed by atoms with Crippen LogP contribution in [0, 0.1) is 0 Å². The Balaban J connectivity index is 1.85. The van der Waals surface area contributed by atoms with Gasteiger partial charge in [0.1, 0.15) is 0 Å². The normalized spacial score (nSPS) is 11.4. The van der Waals surface area contributed by atoms with E-state index < -0.39 is 0 Å². The first kappa shape index (κ1) is 18.2. The number of carbonyl (C=O) groups is 1. The van der Waals surface area contributed by atoms with E-state index in [9.17, 15) is 9.59 Å². The van der Waals surface area contributed by atoms with E-state index in [1.807, 2.05) is 37.4 Å². The van der Waals surface area contributed by atoms with Gasteiger partial charge in [-0.05, 0) is 43.9 Å². The highest BCUT2D eigenvalue weighted by Gasteiger charge is 2.06. The molecular formula is C21H27NO2. The van der Waals surface area contributed by atoms with Crippen molar-refractivity contribution in [3.63, 3.8) is 0 Å². The van der Waals surface area contributed by atoms with Gasteiger partial charge in [0.15, 0.2) is 11.2 Å². The highest BCUT2D eigenvalue weighted by Crippen LogP contribution is 2.14. The largest absolute Gasteiger partial charge is 0.347 e. The number of para-hydroxylation sites is 1. The second-order valence-corrected chi connectivity index (χ2v) is 6.29. The SMILES string of the molecule is CCC/C=C/C(=O)CCCCCc1cc(=O)c2ccccc2n1C. The fraction of sp³-hybridized carbons (Fsp3) is 0.429. The second kappa shape index (κ2) is 9.21. The molecule has 2 aromatic rings. The van der Waals surface area contributed by atoms with E-state index in [2.05, 4.69) is 11.5 Å². The van der Waals surface area contributed by atoms with Gasteiger partial charge in [-0.1, -0.05) is 38.0 Å². The van der Waals surface area contributed by atoms with Crippen LogP contribution in [0.4, 0.5) is 0 Å². The van der Waals surface area contributed by atoms with Crippen LogP contribution in [0.15, 0.2) is 47.3 Å². The van der Waals surface area contributed by atoms with Crippen LogP contribution >= 0.6 is 0 Å². The van der Waals surface area contributed by atoms with Crippen LogP contribution in [0.25, 0.3) is 10.9 Å². The maximum atomic E-state index is 12.2. The third-order valence-electron chi connectivity index (χ3n) is 4.37. The summed E-state index contributed by atoms with van der Waals surface area (Å²) in [5, 5.41) is 0.771. The molecule has 0 aliphatic rings. The predicted octanol–water partition coefficient (Wildman–Crippen LogP) is 4.57. The number of carbonyl (C=O) groups excluding carboxylic acids is 1. The minimum Gasteiger partial charge on any atom is -0.347 e. The van der Waals surface area contributed by atoms with Crippen LogP contribution in [-0.2, 0) is 18.3 Å². The quantitative estimate of drug-likeness (QED) is 0.500. The molecule has 0 fully saturated rings. The van der Waals surface area contributed by atoms with Crippen LogP contribution in [0.3, 0.4) is 0 Å². The lowest BCUT2D eigenvalue weighted by molar-refractivity contribution is -0.114. The third-order valence-corrected chi connectivity index (χ3v) is 4.37. The number of fused-ring (bicyclic) bond motifs is 1. The van der Waals surface area contributed by atoms with E-state index in [1.165, 1.54) is 0 Å². The lowest BCUT2D eigenvalue weighted by Crippen LogP contribution is -2.11. The van der Waals surface area contributed by atoms with Crippen LogP contribution in [0.2, 0.25) is 0 Å². The Hall–Kier alpha value is -2.16. The summed E-state index contributed by atoms with van der Waals surface area (Å²) in [6.07, 6.45) is 10.1. The zero-order chi connectivity index (χ0) is 17.4. The maximum Gasteiger partial charge on any atom is 0.189 e. The number of nitrogens with zero attached hydrogens (tertiary/aromatic N) is 1. The molecule has 0 N–H and O–H groups in total. The number of rotatable bonds is 9. The van der Waals surface area contributed by atoms with E-state index >= 15 is 0 Å². The van der Waals surface area contributed by atoms with E-state index in [-0.39, 0.29) is 11.2 Å². The zero-order valence-electron chi connectivity index (χ0n) is 14.8. The first-order chi connectivity index (χ1) is 11.6. The molecular weight excluding hydrogens is 298 g/mol. The van der Waals surface area contributed by atoms with Crippen molar-refractivity contribution < 1.29 is 4.79 Å². The molecule has 0 aliphatic heterocycles. The molecule has 1 aromatic heterocycles. The van der Waals surface area contributed by atoms with Crippen molar-refractivity contribution in [3.05, 3.63) is 58.4 Å². The summed E-state index contributed by atoms with van der Waals surface area (Å²) in [4.78, 5) is 23.9. The van der Waals surface area contributed by atoms with E-state index in [4.69, 9.17) is 0 Å². The van der Waals surface area contributed by atoms with E-state index in [1.54, 1.807) is 12.1 Å². The molecule has 0 bridgehead atoms. The van der Waals surface area contributed by atoms with Gasteiger partial charge in [-0.25, -0.2) is 0 Å². The smallest absolute Gasteiger partial charge is 0.189 e. The minimum absolute atomic E-state index is 0.0925. The van der Waals surface area contributed by atoms with Crippen molar-refractivity contribution in [1.29, 1.82) is 0 Å². The first-order valence-corrected chi connectivity index (χ1v) is 8.90. The van der Waals surface area contributed by atoms with Crippen LogP contribution < -0.4 is 5.43 Å². The number of allylic oxidation sites excluding steroid dienone is 2. The number of unbranched alkanes of at least 4 members (excludes halogenated alkanes) is 3. The summed E-state index contributed by atoms with van der Waals surface area (Å²) in [5.41, 5.74) is 2.14. The summed E-state index contributed by atoms with van der Waals surface area (Å²) < 4.78 is 2.11. The Bertz CT molecular complexity index is 771. The van der Waals surface area contributed by atoms with Gasteiger partial charge in [-0.3, -0.25) is 9.59 Å². The summed E-state index contributed by atoms with van der Waals surface area (Å²) >= 11 is 0. The Kier molecular flexibility index (Phi) is 6.98. The molecule has 2 rings (SSSR count). The lowest BCUT2D eigenvalue weighted by Gasteiger charge is -2.12. The van der Waals surface area contributed by atoms with Gasteiger partial charge < -0.3 is 4.57 Å². The second-order valence-electron chi connectivity index (χ2n) is 6.29. The third kappa shape index (κ3) is 4.92. The highest BCUT2D eigenvalue weighted by molar-refractivity contribution is 5.89. The van der Waals surface area contributed by atoms with E-state index in [0.717, 1.165) is 55.1 Å². The summed E-state index contributed by atoms with van der Waals surface area (Å²) in [6.45, 7) is 2.11. The number of aromatic nitrogens is 1. The van der Waals surface area contributed by atoms with Gasteiger partial charge in [-0.2, -0.15) is 0 Å². The molecule has 0 spiro atoms. The molecule has 3 heteroatoms. The van der Waals surface area contributed by atoms with Crippen molar-refractivity contribution in [2.24, 2.45) is 7.05 Å².